The molecule has 1 saturated heterocycles. The molecule has 3 atom stereocenters. The van der Waals surface area contributed by atoms with Crippen LogP contribution in [0.5, 0.6) is 0 Å². The van der Waals surface area contributed by atoms with Crippen molar-refractivity contribution in [3.8, 4) is 0 Å². The van der Waals surface area contributed by atoms with Crippen molar-refractivity contribution in [3.05, 3.63) is 72.8 Å². The third-order valence-electron chi connectivity index (χ3n) is 7.24. The summed E-state index contributed by atoms with van der Waals surface area (Å²) < 4.78 is 25.0. The quantitative estimate of drug-likeness (QED) is 0.392. The van der Waals surface area contributed by atoms with E-state index in [1.807, 2.05) is 0 Å². The van der Waals surface area contributed by atoms with E-state index in [0.29, 0.717) is 19.4 Å². The topological polar surface area (TPSA) is 54.0 Å². The maximum atomic E-state index is 11.8. The molecule has 0 amide bonds. The van der Waals surface area contributed by atoms with Crippen LogP contribution in [-0.4, -0.2) is 46.0 Å². The van der Waals surface area contributed by atoms with Gasteiger partial charge in [-0.3, -0.25) is 0 Å². The second-order valence-corrected chi connectivity index (χ2v) is 14.8. The molecule has 0 aliphatic carbocycles. The van der Waals surface area contributed by atoms with Gasteiger partial charge in [0.1, 0.15) is 0 Å². The zero-order valence-electron chi connectivity index (χ0n) is 21.4. The summed E-state index contributed by atoms with van der Waals surface area (Å²) in [6.45, 7) is 7.61. The lowest BCUT2D eigenvalue weighted by Gasteiger charge is -2.46. The predicted octanol–water partition coefficient (Wildman–Crippen LogP) is 4.74. The number of methoxy groups -OCH3 is 1. The zero-order valence-corrected chi connectivity index (χ0v) is 22.4. The lowest BCUT2D eigenvalue weighted by atomic mass is 10.0. The Balaban J connectivity index is 1.70. The van der Waals surface area contributed by atoms with Crippen LogP contribution in [0.2, 0.25) is 5.04 Å². The van der Waals surface area contributed by atoms with Crippen LogP contribution in [0.15, 0.2) is 72.8 Å². The molecule has 2 aliphatic rings. The van der Waals surface area contributed by atoms with Crippen LogP contribution < -0.4 is 10.4 Å². The molecule has 0 bridgehead atoms. The summed E-state index contributed by atoms with van der Waals surface area (Å²) >= 11 is 0. The summed E-state index contributed by atoms with van der Waals surface area (Å²) in [7, 11) is -1.13. The number of benzene rings is 2. The Morgan fingerprint density at radius 3 is 2.14 bits per heavy atom. The van der Waals surface area contributed by atoms with Crippen LogP contribution in [0.25, 0.3) is 0 Å². The number of cyclic esters (lactones) is 1. The molecule has 1 unspecified atom stereocenters. The van der Waals surface area contributed by atoms with Crippen molar-refractivity contribution in [2.75, 3.05) is 13.7 Å². The van der Waals surface area contributed by atoms with Crippen molar-refractivity contribution < 1.29 is 23.4 Å². The molecule has 0 N–H and O–H groups in total. The Hall–Kier alpha value is -2.25. The first kappa shape index (κ1) is 25.8. The third-order valence-corrected chi connectivity index (χ3v) is 12.3. The van der Waals surface area contributed by atoms with Gasteiger partial charge in [-0.1, -0.05) is 81.4 Å². The maximum absolute atomic E-state index is 11.8. The fraction of sp³-hybridized carbons (Fsp3) is 0.483. The number of carbonyl (C=O) groups is 1. The standard InChI is InChI=1S/C29H38O5Si/c1-28(2,3)35(23-13-7-5-8-14-23,24-15-9-6-10-16-24)34-26-17-11-12-22-32-25(26)18-20-29(31-4)21-19-27(30)33-29/h5-10,13-16,19,21,25-26H,11-12,17-18,20,22H2,1-4H3/t25-,26-,29?/m0/s1. The molecule has 4 rings (SSSR count). The van der Waals surface area contributed by atoms with Crippen LogP contribution >= 0.6 is 0 Å². The minimum Gasteiger partial charge on any atom is -0.426 e. The molecular weight excluding hydrogens is 456 g/mol. The Bertz CT molecular complexity index is 961. The van der Waals surface area contributed by atoms with Crippen LogP contribution in [0.3, 0.4) is 0 Å². The molecule has 35 heavy (non-hydrogen) atoms. The first-order valence-corrected chi connectivity index (χ1v) is 14.6. The molecule has 0 radical (unpaired) electrons. The number of carbonyl (C=O) groups excluding carboxylic acids is 1. The minimum atomic E-state index is -2.71. The summed E-state index contributed by atoms with van der Waals surface area (Å²) in [5, 5.41) is 2.43. The van der Waals surface area contributed by atoms with Crippen molar-refractivity contribution in [1.29, 1.82) is 0 Å². The van der Waals surface area contributed by atoms with E-state index in [2.05, 4.69) is 81.4 Å². The SMILES string of the molecule is COC1(CC[C@@H]2OCCCC[C@@H]2O[Si](c2ccccc2)(c2ccccc2)C(C)(C)C)C=CC(=O)O1. The normalized spacial score (nSPS) is 25.3. The lowest BCUT2D eigenvalue weighted by molar-refractivity contribution is -0.193. The molecule has 0 spiro atoms. The van der Waals surface area contributed by atoms with E-state index in [1.54, 1.807) is 13.2 Å². The summed E-state index contributed by atoms with van der Waals surface area (Å²) in [5.41, 5.74) is 0. The second kappa shape index (κ2) is 10.8. The van der Waals surface area contributed by atoms with Gasteiger partial charge in [-0.05, 0) is 47.2 Å². The highest BCUT2D eigenvalue weighted by atomic mass is 28.4. The molecule has 188 valence electrons. The highest BCUT2D eigenvalue weighted by molar-refractivity contribution is 6.99. The zero-order chi connectivity index (χ0) is 24.9. The van der Waals surface area contributed by atoms with Crippen molar-refractivity contribution >= 4 is 24.7 Å². The first-order chi connectivity index (χ1) is 16.8. The van der Waals surface area contributed by atoms with Gasteiger partial charge in [0.2, 0.25) is 5.79 Å². The van der Waals surface area contributed by atoms with Crippen LogP contribution in [0.4, 0.5) is 0 Å². The summed E-state index contributed by atoms with van der Waals surface area (Å²) in [5.74, 6) is -1.39. The first-order valence-electron chi connectivity index (χ1n) is 12.7. The number of hydrogen-bond donors (Lipinski definition) is 0. The van der Waals surface area contributed by atoms with E-state index in [4.69, 9.17) is 18.6 Å². The summed E-state index contributed by atoms with van der Waals surface area (Å²) in [6, 6.07) is 21.5. The molecule has 0 saturated carbocycles. The fourth-order valence-electron chi connectivity index (χ4n) is 5.42. The Morgan fingerprint density at radius 1 is 1.00 bits per heavy atom. The minimum absolute atomic E-state index is 0.0706. The van der Waals surface area contributed by atoms with Gasteiger partial charge in [0, 0.05) is 26.2 Å². The van der Waals surface area contributed by atoms with Gasteiger partial charge >= 0.3 is 5.97 Å². The van der Waals surface area contributed by atoms with Gasteiger partial charge < -0.3 is 18.6 Å². The third kappa shape index (κ3) is 5.46. The van der Waals surface area contributed by atoms with Gasteiger partial charge in [-0.25, -0.2) is 4.79 Å². The van der Waals surface area contributed by atoms with Crippen molar-refractivity contribution in [2.45, 2.75) is 75.9 Å². The number of ether oxygens (including phenoxy) is 3. The predicted molar refractivity (Wildman–Crippen MR) is 140 cm³/mol. The van der Waals surface area contributed by atoms with Crippen LogP contribution in [-0.2, 0) is 23.4 Å². The van der Waals surface area contributed by atoms with Gasteiger partial charge in [0.25, 0.3) is 8.32 Å². The Morgan fingerprint density at radius 2 is 1.63 bits per heavy atom. The van der Waals surface area contributed by atoms with Crippen molar-refractivity contribution in [2.24, 2.45) is 0 Å². The largest absolute Gasteiger partial charge is 0.426 e. The smallest absolute Gasteiger partial charge is 0.333 e. The summed E-state index contributed by atoms with van der Waals surface area (Å²) in [4.78, 5) is 11.8. The van der Waals surface area contributed by atoms with Gasteiger partial charge in [-0.2, -0.15) is 0 Å². The Labute approximate surface area is 210 Å². The molecule has 2 aromatic carbocycles. The van der Waals surface area contributed by atoms with Crippen LogP contribution in [0.1, 0.15) is 52.9 Å². The monoisotopic (exact) mass is 494 g/mol. The molecule has 2 aromatic rings. The summed E-state index contributed by atoms with van der Waals surface area (Å²) in [6.07, 6.45) is 7.18. The van der Waals surface area contributed by atoms with Crippen molar-refractivity contribution in [1.82, 2.24) is 0 Å². The molecule has 2 aliphatic heterocycles. The average molecular weight is 495 g/mol. The Kier molecular flexibility index (Phi) is 7.96. The van der Waals surface area contributed by atoms with Crippen molar-refractivity contribution in [3.63, 3.8) is 0 Å². The van der Waals surface area contributed by atoms with E-state index in [0.717, 1.165) is 19.3 Å². The van der Waals surface area contributed by atoms with Gasteiger partial charge in [-0.15, -0.1) is 0 Å². The maximum Gasteiger partial charge on any atom is 0.333 e. The van der Waals surface area contributed by atoms with E-state index >= 15 is 0 Å². The molecule has 2 heterocycles. The lowest BCUT2D eigenvalue weighted by Crippen LogP contribution is -2.68. The average Bonchev–Trinajstić information content (AvgIpc) is 3.09. The fourth-order valence-corrected chi connectivity index (χ4v) is 10.2. The van der Waals surface area contributed by atoms with E-state index in [1.165, 1.54) is 16.4 Å². The highest BCUT2D eigenvalue weighted by Crippen LogP contribution is 2.40. The number of esters is 1. The number of hydrogen-bond acceptors (Lipinski definition) is 5. The molecule has 1 fully saturated rings. The highest BCUT2D eigenvalue weighted by Gasteiger charge is 2.52. The molecule has 5 nitrogen and oxygen atoms in total. The van der Waals surface area contributed by atoms with Gasteiger partial charge in [0.05, 0.1) is 12.2 Å². The molecule has 0 aromatic heterocycles. The molecule has 6 heteroatoms. The van der Waals surface area contributed by atoms with Crippen LogP contribution in [0, 0.1) is 0 Å². The van der Waals surface area contributed by atoms with E-state index in [9.17, 15) is 4.79 Å². The second-order valence-electron chi connectivity index (χ2n) is 10.5. The van der Waals surface area contributed by atoms with E-state index in [-0.39, 0.29) is 23.2 Å². The number of rotatable bonds is 8. The molecular formula is C29H38O5Si. The van der Waals surface area contributed by atoms with E-state index < -0.39 is 14.1 Å². The van der Waals surface area contributed by atoms with Gasteiger partial charge in [0.15, 0.2) is 0 Å².